The van der Waals surface area contributed by atoms with Gasteiger partial charge in [-0.2, -0.15) is 13.2 Å². The first-order valence-electron chi connectivity index (χ1n) is 8.80. The average Bonchev–Trinajstić information content (AvgIpc) is 3.36. The van der Waals surface area contributed by atoms with Gasteiger partial charge in [0.15, 0.2) is 0 Å². The molecule has 148 valence electrons. The molecule has 1 atom stereocenters. The normalized spacial score (nSPS) is 16.0. The summed E-state index contributed by atoms with van der Waals surface area (Å²) >= 11 is 2.76. The number of aryl methyl sites for hydroxylation is 3. The van der Waals surface area contributed by atoms with Crippen molar-refractivity contribution in [3.63, 3.8) is 0 Å². The molecule has 0 radical (unpaired) electrons. The van der Waals surface area contributed by atoms with E-state index >= 15 is 0 Å². The molecule has 2 heterocycles. The largest absolute Gasteiger partial charge is 0.406 e. The molecule has 0 unspecified atom stereocenters. The van der Waals surface area contributed by atoms with Crippen LogP contribution in [0.25, 0.3) is 10.2 Å². The summed E-state index contributed by atoms with van der Waals surface area (Å²) < 4.78 is 38.9. The Bertz CT molecular complexity index is 862. The third kappa shape index (κ3) is 4.74. The van der Waals surface area contributed by atoms with E-state index in [4.69, 9.17) is 0 Å². The summed E-state index contributed by atoms with van der Waals surface area (Å²) in [6.07, 6.45) is -2.63. The molecule has 0 aromatic carbocycles. The summed E-state index contributed by atoms with van der Waals surface area (Å²) in [4.78, 5) is 24.5. The number of alkyl halides is 3. The smallest absolute Gasteiger partial charge is 0.330 e. The second-order valence-corrected chi connectivity index (χ2v) is 9.21. The predicted molar refractivity (Wildman–Crippen MR) is 102 cm³/mol. The Labute approximate surface area is 164 Å². The molecule has 1 saturated carbocycles. The van der Waals surface area contributed by atoms with Crippen LogP contribution in [0.15, 0.2) is 5.03 Å². The Balaban J connectivity index is 1.80. The molecule has 0 N–H and O–H groups in total. The van der Waals surface area contributed by atoms with Gasteiger partial charge in [-0.25, -0.2) is 9.97 Å². The molecule has 1 aliphatic carbocycles. The number of fused-ring (bicyclic) bond motifs is 1. The molecule has 0 aliphatic heterocycles. The van der Waals surface area contributed by atoms with E-state index in [1.807, 2.05) is 13.8 Å². The van der Waals surface area contributed by atoms with E-state index in [9.17, 15) is 18.0 Å². The lowest BCUT2D eigenvalue weighted by Gasteiger charge is -2.30. The lowest BCUT2D eigenvalue weighted by atomic mass is 10.2. The first kappa shape index (κ1) is 20.4. The molecule has 0 bridgehead atoms. The summed E-state index contributed by atoms with van der Waals surface area (Å²) in [7, 11) is 0. The van der Waals surface area contributed by atoms with Crippen molar-refractivity contribution >= 4 is 39.2 Å². The number of hydrogen-bond acceptors (Lipinski definition) is 5. The summed E-state index contributed by atoms with van der Waals surface area (Å²) in [5.41, 5.74) is 1.06. The molecular weight excluding hydrogens is 395 g/mol. The second-order valence-electron chi connectivity index (χ2n) is 7.04. The summed E-state index contributed by atoms with van der Waals surface area (Å²) in [5.74, 6) is 0.214. The van der Waals surface area contributed by atoms with Crippen LogP contribution in [0.2, 0.25) is 0 Å². The zero-order valence-electron chi connectivity index (χ0n) is 15.7. The van der Waals surface area contributed by atoms with E-state index < -0.39 is 24.7 Å². The van der Waals surface area contributed by atoms with Crippen molar-refractivity contribution in [2.45, 2.75) is 57.8 Å². The Morgan fingerprint density at radius 3 is 2.56 bits per heavy atom. The number of amides is 1. The Morgan fingerprint density at radius 1 is 1.30 bits per heavy atom. The highest BCUT2D eigenvalue weighted by Crippen LogP contribution is 2.38. The quantitative estimate of drug-likeness (QED) is 0.496. The molecule has 1 fully saturated rings. The monoisotopic (exact) mass is 417 g/mol. The number of aromatic nitrogens is 2. The number of thiophene rings is 1. The van der Waals surface area contributed by atoms with Gasteiger partial charge in [-0.15, -0.1) is 11.3 Å². The lowest BCUT2D eigenvalue weighted by Crippen LogP contribution is -2.46. The van der Waals surface area contributed by atoms with Crippen LogP contribution in [0.5, 0.6) is 0 Å². The molecule has 4 nitrogen and oxygen atoms in total. The fourth-order valence-corrected chi connectivity index (χ4v) is 5.27. The highest BCUT2D eigenvalue weighted by molar-refractivity contribution is 8.00. The summed E-state index contributed by atoms with van der Waals surface area (Å²) in [6, 6.07) is -0.392. The van der Waals surface area contributed by atoms with Gasteiger partial charge in [0.25, 0.3) is 0 Å². The van der Waals surface area contributed by atoms with E-state index in [0.717, 1.165) is 38.4 Å². The van der Waals surface area contributed by atoms with Crippen molar-refractivity contribution in [1.82, 2.24) is 14.9 Å². The molecule has 27 heavy (non-hydrogen) atoms. The van der Waals surface area contributed by atoms with Gasteiger partial charge in [0.2, 0.25) is 5.91 Å². The van der Waals surface area contributed by atoms with E-state index in [0.29, 0.717) is 10.9 Å². The molecule has 3 rings (SSSR count). The zero-order valence-corrected chi connectivity index (χ0v) is 17.3. The number of nitrogens with zero attached hydrogens (tertiary/aromatic N) is 3. The van der Waals surface area contributed by atoms with Crippen molar-refractivity contribution in [3.05, 3.63) is 16.3 Å². The Kier molecular flexibility index (Phi) is 5.72. The van der Waals surface area contributed by atoms with E-state index in [-0.39, 0.29) is 11.7 Å². The minimum Gasteiger partial charge on any atom is -0.330 e. The molecule has 1 amide bonds. The SMILES string of the molecule is Cc1nc(SCC(=O)N(CC(F)(F)F)[C@H](C)C2CC2)c2c(C)c(C)sc2n1. The summed E-state index contributed by atoms with van der Waals surface area (Å²) in [5, 5.41) is 1.57. The Morgan fingerprint density at radius 2 is 1.96 bits per heavy atom. The van der Waals surface area contributed by atoms with Gasteiger partial charge in [-0.1, -0.05) is 11.8 Å². The van der Waals surface area contributed by atoms with Crippen molar-refractivity contribution in [1.29, 1.82) is 0 Å². The minimum atomic E-state index is -4.40. The van der Waals surface area contributed by atoms with Gasteiger partial charge in [0.05, 0.1) is 5.75 Å². The standard InChI is InChI=1S/C18H22F3N3OS2/c1-9-11(3)27-17-15(9)16(22-12(4)23-17)26-7-14(25)24(8-18(19,20)21)10(2)13-5-6-13/h10,13H,5-8H2,1-4H3/t10-/m1/s1. The van der Waals surface area contributed by atoms with Gasteiger partial charge in [0.1, 0.15) is 22.2 Å². The van der Waals surface area contributed by atoms with Crippen LogP contribution < -0.4 is 0 Å². The predicted octanol–water partition coefficient (Wildman–Crippen LogP) is 4.90. The fraction of sp³-hybridized carbons (Fsp3) is 0.611. The summed E-state index contributed by atoms with van der Waals surface area (Å²) in [6.45, 7) is 6.27. The molecule has 9 heteroatoms. The van der Waals surface area contributed by atoms with Gasteiger partial charge >= 0.3 is 6.18 Å². The number of halogens is 3. The first-order valence-corrected chi connectivity index (χ1v) is 10.6. The number of thioether (sulfide) groups is 1. The van der Waals surface area contributed by atoms with Crippen molar-refractivity contribution in [3.8, 4) is 0 Å². The third-order valence-corrected chi connectivity index (χ3v) is 6.97. The lowest BCUT2D eigenvalue weighted by molar-refractivity contribution is -0.164. The first-order chi connectivity index (χ1) is 12.6. The molecule has 1 aliphatic rings. The topological polar surface area (TPSA) is 46.1 Å². The van der Waals surface area contributed by atoms with Crippen LogP contribution in [-0.2, 0) is 4.79 Å². The average molecular weight is 418 g/mol. The zero-order chi connectivity index (χ0) is 19.9. The molecule has 0 saturated heterocycles. The molecule has 0 spiro atoms. The number of carbonyl (C=O) groups is 1. The van der Waals surface area contributed by atoms with E-state index in [1.165, 1.54) is 11.8 Å². The van der Waals surface area contributed by atoms with Crippen LogP contribution in [0.1, 0.15) is 36.0 Å². The highest BCUT2D eigenvalue weighted by Gasteiger charge is 2.40. The molecule has 2 aromatic heterocycles. The molecule has 2 aromatic rings. The minimum absolute atomic E-state index is 0.0625. The number of rotatable bonds is 6. The van der Waals surface area contributed by atoms with Crippen molar-refractivity contribution in [2.75, 3.05) is 12.3 Å². The number of hydrogen-bond donors (Lipinski definition) is 0. The van der Waals surface area contributed by atoms with Crippen LogP contribution in [0.3, 0.4) is 0 Å². The van der Waals surface area contributed by atoms with Crippen molar-refractivity contribution in [2.24, 2.45) is 5.92 Å². The maximum Gasteiger partial charge on any atom is 0.406 e. The van der Waals surface area contributed by atoms with Crippen LogP contribution in [-0.4, -0.2) is 45.3 Å². The third-order valence-electron chi connectivity index (χ3n) is 4.91. The highest BCUT2D eigenvalue weighted by atomic mass is 32.2. The van der Waals surface area contributed by atoms with Gasteiger partial charge in [0, 0.05) is 16.3 Å². The maximum absolute atomic E-state index is 13.0. The Hall–Kier alpha value is -1.35. The van der Waals surface area contributed by atoms with E-state index in [1.54, 1.807) is 25.2 Å². The van der Waals surface area contributed by atoms with Gasteiger partial charge in [-0.05, 0) is 52.0 Å². The molecular formula is C18H22F3N3OS2. The van der Waals surface area contributed by atoms with E-state index in [2.05, 4.69) is 9.97 Å². The number of carbonyl (C=O) groups excluding carboxylic acids is 1. The van der Waals surface area contributed by atoms with Crippen LogP contribution >= 0.6 is 23.1 Å². The van der Waals surface area contributed by atoms with Crippen molar-refractivity contribution < 1.29 is 18.0 Å². The fourth-order valence-electron chi connectivity index (χ4n) is 3.12. The van der Waals surface area contributed by atoms with Crippen LogP contribution in [0, 0.1) is 26.7 Å². The van der Waals surface area contributed by atoms with Gasteiger partial charge in [-0.3, -0.25) is 4.79 Å². The van der Waals surface area contributed by atoms with Gasteiger partial charge < -0.3 is 4.90 Å². The maximum atomic E-state index is 13.0. The second kappa shape index (κ2) is 7.58. The van der Waals surface area contributed by atoms with Crippen LogP contribution in [0.4, 0.5) is 13.2 Å².